The van der Waals surface area contributed by atoms with Gasteiger partial charge in [0.05, 0.1) is 0 Å². The van der Waals surface area contributed by atoms with E-state index in [9.17, 15) is 9.59 Å². The van der Waals surface area contributed by atoms with Crippen LogP contribution in [0.2, 0.25) is 0 Å². The Hall–Kier alpha value is -0.900. The third-order valence-electron chi connectivity index (χ3n) is 3.08. The average molecular weight is 242 g/mol. The van der Waals surface area contributed by atoms with Crippen LogP contribution in [0.3, 0.4) is 0 Å². The summed E-state index contributed by atoms with van der Waals surface area (Å²) in [6.07, 6.45) is 2.65. The summed E-state index contributed by atoms with van der Waals surface area (Å²) in [6, 6.07) is 0. The van der Waals surface area contributed by atoms with E-state index in [2.05, 4.69) is 0 Å². The molecule has 0 spiro atoms. The molecule has 0 saturated heterocycles. The van der Waals surface area contributed by atoms with Gasteiger partial charge in [0.2, 0.25) is 0 Å². The molecule has 1 rings (SSSR count). The number of hydrogen-bond donors (Lipinski definition) is 1. The fourth-order valence-corrected chi connectivity index (χ4v) is 2.22. The molecule has 0 amide bonds. The second-order valence-electron chi connectivity index (χ2n) is 5.20. The fraction of sp³-hybridized carbons (Fsp3) is 0.846. The van der Waals surface area contributed by atoms with Crippen LogP contribution in [-0.4, -0.2) is 29.6 Å². The van der Waals surface area contributed by atoms with Crippen LogP contribution in [0.15, 0.2) is 0 Å². The summed E-state index contributed by atoms with van der Waals surface area (Å²) in [6.45, 7) is 4.65. The van der Waals surface area contributed by atoms with E-state index >= 15 is 0 Å². The summed E-state index contributed by atoms with van der Waals surface area (Å²) < 4.78 is 5.66. The molecule has 2 unspecified atom stereocenters. The van der Waals surface area contributed by atoms with Crippen LogP contribution in [0.25, 0.3) is 0 Å². The van der Waals surface area contributed by atoms with Gasteiger partial charge >= 0.3 is 5.97 Å². The number of hydrogen-bond acceptors (Lipinski definition) is 3. The van der Waals surface area contributed by atoms with Gasteiger partial charge in [0.1, 0.15) is 6.10 Å². The van der Waals surface area contributed by atoms with Gasteiger partial charge in [-0.1, -0.05) is 13.8 Å². The van der Waals surface area contributed by atoms with Gasteiger partial charge in [-0.05, 0) is 31.1 Å². The molecular formula is C13H22O4. The highest BCUT2D eigenvalue weighted by atomic mass is 16.5. The van der Waals surface area contributed by atoms with Crippen molar-refractivity contribution in [3.63, 3.8) is 0 Å². The van der Waals surface area contributed by atoms with E-state index in [-0.39, 0.29) is 24.2 Å². The van der Waals surface area contributed by atoms with Crippen LogP contribution >= 0.6 is 0 Å². The van der Waals surface area contributed by atoms with E-state index in [4.69, 9.17) is 9.84 Å². The first-order valence-corrected chi connectivity index (χ1v) is 6.36. The molecule has 0 aromatic heterocycles. The van der Waals surface area contributed by atoms with E-state index in [1.165, 1.54) is 0 Å². The lowest BCUT2D eigenvalue weighted by molar-refractivity contribution is -0.142. The van der Waals surface area contributed by atoms with Gasteiger partial charge in [-0.3, -0.25) is 9.59 Å². The largest absolute Gasteiger partial charge is 0.481 e. The summed E-state index contributed by atoms with van der Waals surface area (Å²) in [5.74, 6) is -0.172. The average Bonchev–Trinajstić information content (AvgIpc) is 2.24. The lowest BCUT2D eigenvalue weighted by Crippen LogP contribution is -2.37. The number of rotatable bonds is 6. The van der Waals surface area contributed by atoms with Crippen molar-refractivity contribution in [2.24, 2.45) is 11.8 Å². The third kappa shape index (κ3) is 4.86. The number of carboxylic acids is 1. The monoisotopic (exact) mass is 242 g/mol. The highest BCUT2D eigenvalue weighted by Gasteiger charge is 2.32. The zero-order valence-corrected chi connectivity index (χ0v) is 10.6. The standard InChI is InChI=1S/C13H22O4/c1-9(2)8-17-13-10(6-7-12(15)16)4-3-5-11(13)14/h9-10,13H,3-8H2,1-2H3,(H,15,16). The van der Waals surface area contributed by atoms with Gasteiger partial charge in [-0.25, -0.2) is 0 Å². The van der Waals surface area contributed by atoms with Crippen LogP contribution in [0.1, 0.15) is 46.0 Å². The summed E-state index contributed by atoms with van der Waals surface area (Å²) in [5.41, 5.74) is 0. The Labute approximate surface area is 102 Å². The number of carbonyl (C=O) groups excluding carboxylic acids is 1. The minimum absolute atomic E-state index is 0.0890. The van der Waals surface area contributed by atoms with E-state index < -0.39 is 5.97 Å². The van der Waals surface area contributed by atoms with Gasteiger partial charge in [0.25, 0.3) is 0 Å². The Morgan fingerprint density at radius 2 is 2.24 bits per heavy atom. The Balaban J connectivity index is 2.50. The molecule has 17 heavy (non-hydrogen) atoms. The summed E-state index contributed by atoms with van der Waals surface area (Å²) >= 11 is 0. The van der Waals surface area contributed by atoms with E-state index in [1.807, 2.05) is 13.8 Å². The van der Waals surface area contributed by atoms with Crippen molar-refractivity contribution in [2.45, 2.75) is 52.1 Å². The number of carboxylic acid groups (broad SMARTS) is 1. The molecule has 1 aliphatic rings. The predicted octanol–water partition coefficient (Wildman–Crippen LogP) is 2.26. The van der Waals surface area contributed by atoms with Gasteiger partial charge in [-0.15, -0.1) is 0 Å². The maximum Gasteiger partial charge on any atom is 0.303 e. The van der Waals surface area contributed by atoms with Gasteiger partial charge in [-0.2, -0.15) is 0 Å². The SMILES string of the molecule is CC(C)COC1C(=O)CCCC1CCC(=O)O. The number of Topliss-reactive ketones (excluding diaryl/α,β-unsaturated/α-hetero) is 1. The van der Waals surface area contributed by atoms with Gasteiger partial charge in [0, 0.05) is 19.4 Å². The van der Waals surface area contributed by atoms with Crippen LogP contribution in [-0.2, 0) is 14.3 Å². The normalized spacial score (nSPS) is 25.2. The Morgan fingerprint density at radius 3 is 2.82 bits per heavy atom. The third-order valence-corrected chi connectivity index (χ3v) is 3.08. The molecule has 0 aliphatic heterocycles. The molecule has 2 atom stereocenters. The highest BCUT2D eigenvalue weighted by Crippen LogP contribution is 2.28. The number of ether oxygens (including phenoxy) is 1. The summed E-state index contributed by atoms with van der Waals surface area (Å²) in [7, 11) is 0. The molecular weight excluding hydrogens is 220 g/mol. The van der Waals surface area contributed by atoms with Crippen LogP contribution in [0, 0.1) is 11.8 Å². The molecule has 0 aromatic rings. The van der Waals surface area contributed by atoms with E-state index in [0.717, 1.165) is 12.8 Å². The Morgan fingerprint density at radius 1 is 1.53 bits per heavy atom. The molecule has 1 aliphatic carbocycles. The molecule has 0 heterocycles. The van der Waals surface area contributed by atoms with Crippen molar-refractivity contribution in [1.29, 1.82) is 0 Å². The Bertz CT molecular complexity index is 273. The van der Waals surface area contributed by atoms with Crippen molar-refractivity contribution < 1.29 is 19.4 Å². The molecule has 0 aromatic carbocycles. The smallest absolute Gasteiger partial charge is 0.303 e. The van der Waals surface area contributed by atoms with Crippen molar-refractivity contribution in [3.05, 3.63) is 0 Å². The topological polar surface area (TPSA) is 63.6 Å². The van der Waals surface area contributed by atoms with Crippen LogP contribution in [0.5, 0.6) is 0 Å². The second-order valence-corrected chi connectivity index (χ2v) is 5.20. The maximum atomic E-state index is 11.8. The van der Waals surface area contributed by atoms with Crippen LogP contribution < -0.4 is 0 Å². The van der Waals surface area contributed by atoms with Gasteiger partial charge in [0.15, 0.2) is 5.78 Å². The first-order valence-electron chi connectivity index (χ1n) is 6.36. The lowest BCUT2D eigenvalue weighted by atomic mass is 9.82. The van der Waals surface area contributed by atoms with Gasteiger partial charge < -0.3 is 9.84 Å². The molecule has 4 heteroatoms. The van der Waals surface area contributed by atoms with E-state index in [0.29, 0.717) is 25.4 Å². The second kappa shape index (κ2) is 6.74. The van der Waals surface area contributed by atoms with Crippen molar-refractivity contribution in [2.75, 3.05) is 6.61 Å². The predicted molar refractivity (Wildman–Crippen MR) is 63.8 cm³/mol. The number of ketones is 1. The maximum absolute atomic E-state index is 11.8. The minimum atomic E-state index is -0.800. The molecule has 1 N–H and O–H groups in total. The highest BCUT2D eigenvalue weighted by molar-refractivity contribution is 5.84. The zero-order chi connectivity index (χ0) is 12.8. The minimum Gasteiger partial charge on any atom is -0.481 e. The quantitative estimate of drug-likeness (QED) is 0.776. The Kier molecular flexibility index (Phi) is 5.62. The summed E-state index contributed by atoms with van der Waals surface area (Å²) in [5, 5.41) is 8.69. The first kappa shape index (κ1) is 14.2. The molecule has 98 valence electrons. The van der Waals surface area contributed by atoms with Crippen molar-refractivity contribution >= 4 is 11.8 Å². The number of carbonyl (C=O) groups is 2. The lowest BCUT2D eigenvalue weighted by Gasteiger charge is -2.30. The fourth-order valence-electron chi connectivity index (χ4n) is 2.22. The van der Waals surface area contributed by atoms with Crippen molar-refractivity contribution in [3.8, 4) is 0 Å². The van der Waals surface area contributed by atoms with Crippen molar-refractivity contribution in [1.82, 2.24) is 0 Å². The molecule has 0 bridgehead atoms. The molecule has 1 fully saturated rings. The zero-order valence-electron chi connectivity index (χ0n) is 10.6. The number of aliphatic carboxylic acids is 1. The molecule has 1 saturated carbocycles. The van der Waals surface area contributed by atoms with E-state index in [1.54, 1.807) is 0 Å². The molecule has 0 radical (unpaired) electrons. The van der Waals surface area contributed by atoms with Crippen LogP contribution in [0.4, 0.5) is 0 Å². The first-order chi connectivity index (χ1) is 8.00. The molecule has 4 nitrogen and oxygen atoms in total. The summed E-state index contributed by atoms with van der Waals surface area (Å²) in [4.78, 5) is 22.4.